The van der Waals surface area contributed by atoms with Crippen molar-refractivity contribution in [1.82, 2.24) is 20.4 Å². The predicted octanol–water partition coefficient (Wildman–Crippen LogP) is 4.45. The van der Waals surface area contributed by atoms with E-state index in [0.29, 0.717) is 12.2 Å². The summed E-state index contributed by atoms with van der Waals surface area (Å²) >= 11 is 0. The fourth-order valence-electron chi connectivity index (χ4n) is 3.22. The van der Waals surface area contributed by atoms with Gasteiger partial charge in [-0.2, -0.15) is 5.10 Å². The van der Waals surface area contributed by atoms with Gasteiger partial charge in [-0.15, -0.1) is 6.58 Å². The molecule has 0 aliphatic carbocycles. The van der Waals surface area contributed by atoms with Gasteiger partial charge in [-0.3, -0.25) is 14.3 Å². The highest BCUT2D eigenvalue weighted by molar-refractivity contribution is 6.06. The van der Waals surface area contributed by atoms with Gasteiger partial charge in [-0.05, 0) is 44.6 Å². The van der Waals surface area contributed by atoms with Crippen LogP contribution in [0.1, 0.15) is 71.3 Å². The van der Waals surface area contributed by atoms with Crippen LogP contribution in [0.2, 0.25) is 0 Å². The lowest BCUT2D eigenvalue weighted by Gasteiger charge is -2.34. The molecule has 2 rings (SSSR count). The van der Waals surface area contributed by atoms with Crippen LogP contribution in [0, 0.1) is 5.41 Å². The highest BCUT2D eigenvalue weighted by Gasteiger charge is 2.36. The minimum Gasteiger partial charge on any atom is -0.349 e. The zero-order valence-electron chi connectivity index (χ0n) is 19.2. The predicted molar refractivity (Wildman–Crippen MR) is 122 cm³/mol. The van der Waals surface area contributed by atoms with Gasteiger partial charge in [0.1, 0.15) is 6.04 Å². The molecule has 2 amide bonds. The first-order chi connectivity index (χ1) is 14.0. The number of amides is 2. The van der Waals surface area contributed by atoms with Gasteiger partial charge in [0.2, 0.25) is 5.91 Å². The lowest BCUT2D eigenvalue weighted by molar-refractivity contribution is -0.127. The van der Waals surface area contributed by atoms with Crippen LogP contribution >= 0.6 is 0 Å². The van der Waals surface area contributed by atoms with Crippen molar-refractivity contribution in [2.24, 2.45) is 5.41 Å². The van der Waals surface area contributed by atoms with Crippen molar-refractivity contribution in [3.05, 3.63) is 42.6 Å². The van der Waals surface area contributed by atoms with Crippen molar-refractivity contribution >= 4 is 22.7 Å². The molecule has 0 aliphatic heterocycles. The van der Waals surface area contributed by atoms with Crippen molar-refractivity contribution in [1.29, 1.82) is 0 Å². The molecule has 1 heterocycles. The van der Waals surface area contributed by atoms with E-state index in [-0.39, 0.29) is 17.4 Å². The maximum Gasteiger partial charge on any atom is 0.273 e. The van der Waals surface area contributed by atoms with E-state index in [1.807, 2.05) is 76.6 Å². The maximum atomic E-state index is 13.2. The fourth-order valence-corrected chi connectivity index (χ4v) is 3.22. The van der Waals surface area contributed by atoms with E-state index in [2.05, 4.69) is 22.3 Å². The number of fused-ring (bicyclic) bond motifs is 1. The third kappa shape index (κ3) is 5.71. The number of nitrogens with one attached hydrogen (secondary N) is 2. The number of rotatable bonds is 9. The molecule has 0 radical (unpaired) electrons. The lowest BCUT2D eigenvalue weighted by Crippen LogP contribution is -2.57. The Labute approximate surface area is 180 Å². The van der Waals surface area contributed by atoms with E-state index in [1.165, 1.54) is 0 Å². The van der Waals surface area contributed by atoms with Crippen molar-refractivity contribution in [2.75, 3.05) is 0 Å². The number of aryl methyl sites for hydroxylation is 1. The average Bonchev–Trinajstić information content (AvgIpc) is 3.04. The second kappa shape index (κ2) is 9.45. The number of unbranched alkanes of at least 4 members (excludes halogenated alkanes) is 1. The van der Waals surface area contributed by atoms with E-state index in [9.17, 15) is 9.59 Å². The van der Waals surface area contributed by atoms with Crippen LogP contribution < -0.4 is 10.6 Å². The number of hydrogen-bond donors (Lipinski definition) is 2. The Balaban J connectivity index is 2.32. The molecule has 6 heteroatoms. The summed E-state index contributed by atoms with van der Waals surface area (Å²) in [4.78, 5) is 26.2. The summed E-state index contributed by atoms with van der Waals surface area (Å²) in [7, 11) is 0. The van der Waals surface area contributed by atoms with Gasteiger partial charge in [0.05, 0.1) is 5.52 Å². The van der Waals surface area contributed by atoms with Gasteiger partial charge in [-0.1, -0.05) is 52.0 Å². The summed E-state index contributed by atoms with van der Waals surface area (Å²) in [6.07, 6.45) is 4.46. The van der Waals surface area contributed by atoms with E-state index >= 15 is 0 Å². The molecule has 1 unspecified atom stereocenters. The largest absolute Gasteiger partial charge is 0.349 e. The Morgan fingerprint density at radius 3 is 2.47 bits per heavy atom. The number of carbonyl (C=O) groups is 2. The number of para-hydroxylation sites is 1. The molecule has 0 spiro atoms. The summed E-state index contributed by atoms with van der Waals surface area (Å²) in [6, 6.07) is 7.01. The zero-order chi connectivity index (χ0) is 22.5. The normalized spacial score (nSPS) is 13.1. The smallest absolute Gasteiger partial charge is 0.273 e. The van der Waals surface area contributed by atoms with E-state index in [4.69, 9.17) is 0 Å². The molecule has 1 aromatic heterocycles. The molecule has 0 saturated heterocycles. The Bertz CT molecular complexity index is 906. The average molecular weight is 413 g/mol. The molecule has 164 valence electrons. The van der Waals surface area contributed by atoms with Gasteiger partial charge in [-0.25, -0.2) is 0 Å². The monoisotopic (exact) mass is 412 g/mol. The molecule has 0 bridgehead atoms. The minimum atomic E-state index is -0.680. The van der Waals surface area contributed by atoms with Crippen molar-refractivity contribution in [3.8, 4) is 0 Å². The van der Waals surface area contributed by atoms with Crippen LogP contribution in [0.5, 0.6) is 0 Å². The van der Waals surface area contributed by atoms with Gasteiger partial charge in [0, 0.05) is 17.5 Å². The Morgan fingerprint density at radius 2 is 1.87 bits per heavy atom. The van der Waals surface area contributed by atoms with Gasteiger partial charge < -0.3 is 10.6 Å². The molecule has 1 atom stereocenters. The van der Waals surface area contributed by atoms with E-state index in [1.54, 1.807) is 0 Å². The number of allylic oxidation sites excluding steroid dienone is 1. The number of benzene rings is 1. The topological polar surface area (TPSA) is 76.0 Å². The highest BCUT2D eigenvalue weighted by Crippen LogP contribution is 2.23. The van der Waals surface area contributed by atoms with Gasteiger partial charge >= 0.3 is 0 Å². The number of aromatic nitrogens is 2. The Hall–Kier alpha value is -2.63. The Morgan fingerprint density at radius 1 is 1.20 bits per heavy atom. The molecule has 0 aliphatic rings. The van der Waals surface area contributed by atoms with Crippen molar-refractivity contribution in [3.63, 3.8) is 0 Å². The van der Waals surface area contributed by atoms with Gasteiger partial charge in [0.15, 0.2) is 5.69 Å². The highest BCUT2D eigenvalue weighted by atomic mass is 16.2. The first-order valence-corrected chi connectivity index (χ1v) is 10.7. The maximum absolute atomic E-state index is 13.2. The first kappa shape index (κ1) is 23.6. The lowest BCUT2D eigenvalue weighted by atomic mass is 9.85. The van der Waals surface area contributed by atoms with Crippen LogP contribution in [0.15, 0.2) is 36.9 Å². The number of carbonyl (C=O) groups excluding carboxylic acids is 2. The quantitative estimate of drug-likeness (QED) is 0.472. The third-order valence-electron chi connectivity index (χ3n) is 5.40. The minimum absolute atomic E-state index is 0.183. The summed E-state index contributed by atoms with van der Waals surface area (Å²) in [5, 5.41) is 11.4. The van der Waals surface area contributed by atoms with Crippen molar-refractivity contribution in [2.45, 2.75) is 78.9 Å². The third-order valence-corrected chi connectivity index (χ3v) is 5.40. The summed E-state index contributed by atoms with van der Waals surface area (Å²) in [6.45, 7) is 16.3. The summed E-state index contributed by atoms with van der Waals surface area (Å²) in [5.74, 6) is -0.518. The molecule has 2 N–H and O–H groups in total. The molecule has 0 fully saturated rings. The first-order valence-electron chi connectivity index (χ1n) is 10.7. The van der Waals surface area contributed by atoms with Crippen LogP contribution in [-0.2, 0) is 11.3 Å². The molecule has 1 aromatic carbocycles. The van der Waals surface area contributed by atoms with Crippen molar-refractivity contribution < 1.29 is 9.59 Å². The Kier molecular flexibility index (Phi) is 7.45. The zero-order valence-corrected chi connectivity index (χ0v) is 19.2. The second-order valence-corrected chi connectivity index (χ2v) is 9.52. The SMILES string of the molecule is C=CCCCn1nc(C(=O)NC(C(=O)NC(C)(C)CC)C(C)(C)C)c2ccccc21. The molecule has 2 aromatic rings. The molecule has 30 heavy (non-hydrogen) atoms. The molecule has 6 nitrogen and oxygen atoms in total. The van der Waals surface area contributed by atoms with Crippen LogP contribution in [0.25, 0.3) is 10.9 Å². The van der Waals surface area contributed by atoms with E-state index in [0.717, 1.165) is 30.2 Å². The number of hydrogen-bond acceptors (Lipinski definition) is 3. The molecule has 0 saturated carbocycles. The fraction of sp³-hybridized carbons (Fsp3) is 0.542. The van der Waals surface area contributed by atoms with Crippen LogP contribution in [0.4, 0.5) is 0 Å². The summed E-state index contributed by atoms with van der Waals surface area (Å²) in [5.41, 5.74) is 0.466. The van der Waals surface area contributed by atoms with Crippen LogP contribution in [-0.4, -0.2) is 33.2 Å². The van der Waals surface area contributed by atoms with Gasteiger partial charge in [0.25, 0.3) is 5.91 Å². The second-order valence-electron chi connectivity index (χ2n) is 9.52. The van der Waals surface area contributed by atoms with E-state index < -0.39 is 11.5 Å². The number of nitrogens with zero attached hydrogens (tertiary/aromatic N) is 2. The standard InChI is InChI=1S/C24H36N4O2/c1-8-10-13-16-28-18-15-12-11-14-17(18)19(27-28)21(29)25-20(23(3,4)5)22(30)26-24(6,7)9-2/h8,11-12,14-15,20H,1,9-10,13,16H2,2-7H3,(H,25,29)(H,26,30). The van der Waals surface area contributed by atoms with Crippen LogP contribution in [0.3, 0.4) is 0 Å². The summed E-state index contributed by atoms with van der Waals surface area (Å²) < 4.78 is 1.86. The molecular formula is C24H36N4O2. The molecular weight excluding hydrogens is 376 g/mol.